The average Bonchev–Trinajstić information content (AvgIpc) is 3.07. The Morgan fingerprint density at radius 1 is 1.12 bits per heavy atom. The van der Waals surface area contributed by atoms with E-state index in [4.69, 9.17) is 16.3 Å². The Labute approximate surface area is 193 Å². The van der Waals surface area contributed by atoms with Gasteiger partial charge in [0.05, 0.1) is 34.1 Å². The third-order valence-corrected chi connectivity index (χ3v) is 5.52. The fourth-order valence-electron chi connectivity index (χ4n) is 3.24. The van der Waals surface area contributed by atoms with E-state index in [1.165, 1.54) is 22.9 Å². The molecule has 0 spiro atoms. The number of halogens is 1. The Kier molecular flexibility index (Phi) is 9.26. The molecule has 0 atom stereocenters. The molecule has 1 aromatic carbocycles. The van der Waals surface area contributed by atoms with Gasteiger partial charge in [0.1, 0.15) is 0 Å². The second-order valence-corrected chi connectivity index (χ2v) is 7.79. The van der Waals surface area contributed by atoms with E-state index < -0.39 is 11.9 Å². The van der Waals surface area contributed by atoms with Crippen molar-refractivity contribution in [2.24, 2.45) is 0 Å². The fraction of sp³-hybridized carbons (Fsp3) is 0.478. The van der Waals surface area contributed by atoms with E-state index in [0.717, 1.165) is 25.7 Å². The number of unbranched alkanes of at least 4 members (excludes halogenated alkanes) is 2. The number of rotatable bonds is 11. The van der Waals surface area contributed by atoms with Crippen LogP contribution in [0.3, 0.4) is 0 Å². The highest BCUT2D eigenvalue weighted by atomic mass is 35.5. The molecular formula is C23H30ClN3O5. The van der Waals surface area contributed by atoms with Crippen LogP contribution in [0.25, 0.3) is 5.69 Å². The largest absolute Gasteiger partial charge is 0.478 e. The molecule has 1 N–H and O–H groups in total. The maximum absolute atomic E-state index is 13.2. The third-order valence-electron chi connectivity index (χ3n) is 5.06. The molecular weight excluding hydrogens is 434 g/mol. The number of aromatic carboxylic acids is 1. The Balaban J connectivity index is 2.55. The number of amides is 1. The van der Waals surface area contributed by atoms with Gasteiger partial charge in [0.2, 0.25) is 0 Å². The highest BCUT2D eigenvalue weighted by molar-refractivity contribution is 6.34. The molecule has 174 valence electrons. The minimum atomic E-state index is -1.17. The predicted molar refractivity (Wildman–Crippen MR) is 122 cm³/mol. The van der Waals surface area contributed by atoms with Gasteiger partial charge in [-0.25, -0.2) is 14.3 Å². The molecule has 1 aromatic heterocycles. The minimum absolute atomic E-state index is 0.0295. The van der Waals surface area contributed by atoms with Crippen LogP contribution in [0.5, 0.6) is 0 Å². The summed E-state index contributed by atoms with van der Waals surface area (Å²) in [6.45, 7) is 8.82. The summed E-state index contributed by atoms with van der Waals surface area (Å²) in [5.41, 5.74) is 0.833. The van der Waals surface area contributed by atoms with Gasteiger partial charge in [0, 0.05) is 13.1 Å². The van der Waals surface area contributed by atoms with Crippen LogP contribution in [0.2, 0.25) is 5.02 Å². The number of nitrogens with zero attached hydrogens (tertiary/aromatic N) is 3. The smallest absolute Gasteiger partial charge is 0.340 e. The first kappa shape index (κ1) is 25.4. The van der Waals surface area contributed by atoms with E-state index in [-0.39, 0.29) is 34.4 Å². The van der Waals surface area contributed by atoms with Crippen LogP contribution in [-0.4, -0.2) is 57.3 Å². The van der Waals surface area contributed by atoms with E-state index in [9.17, 15) is 19.5 Å². The zero-order valence-electron chi connectivity index (χ0n) is 19.0. The molecule has 0 saturated carbocycles. The molecule has 0 aliphatic rings. The number of hydrogen-bond acceptors (Lipinski definition) is 5. The minimum Gasteiger partial charge on any atom is -0.478 e. The maximum atomic E-state index is 13.2. The van der Waals surface area contributed by atoms with Gasteiger partial charge in [-0.05, 0) is 44.9 Å². The van der Waals surface area contributed by atoms with Crippen molar-refractivity contribution >= 4 is 29.4 Å². The number of esters is 1. The van der Waals surface area contributed by atoms with Crippen molar-refractivity contribution in [3.8, 4) is 5.69 Å². The molecule has 1 heterocycles. The number of carbonyl (C=O) groups excluding carboxylic acids is 2. The first-order valence-electron chi connectivity index (χ1n) is 10.9. The third kappa shape index (κ3) is 5.68. The Bertz CT molecular complexity index is 978. The normalized spacial score (nSPS) is 10.8. The van der Waals surface area contributed by atoms with Gasteiger partial charge < -0.3 is 14.7 Å². The van der Waals surface area contributed by atoms with Gasteiger partial charge in [0.15, 0.2) is 5.69 Å². The number of ether oxygens (including phenoxy) is 1. The fourth-order valence-corrected chi connectivity index (χ4v) is 3.44. The van der Waals surface area contributed by atoms with Crippen LogP contribution in [0.15, 0.2) is 18.2 Å². The second kappa shape index (κ2) is 11.7. The van der Waals surface area contributed by atoms with Crippen molar-refractivity contribution in [1.82, 2.24) is 14.7 Å². The zero-order chi connectivity index (χ0) is 23.8. The van der Waals surface area contributed by atoms with E-state index in [2.05, 4.69) is 18.9 Å². The predicted octanol–water partition coefficient (Wildman–Crippen LogP) is 4.75. The first-order chi connectivity index (χ1) is 15.3. The molecule has 0 fully saturated rings. The lowest BCUT2D eigenvalue weighted by atomic mass is 10.1. The summed E-state index contributed by atoms with van der Waals surface area (Å²) in [6, 6.07) is 4.07. The molecule has 0 unspecified atom stereocenters. The van der Waals surface area contributed by atoms with Crippen molar-refractivity contribution in [3.05, 3.63) is 45.7 Å². The van der Waals surface area contributed by atoms with Crippen LogP contribution in [0.4, 0.5) is 0 Å². The summed E-state index contributed by atoms with van der Waals surface area (Å²) in [5.74, 6) is -2.12. The Morgan fingerprint density at radius 2 is 1.75 bits per heavy atom. The molecule has 0 bridgehead atoms. The monoisotopic (exact) mass is 463 g/mol. The summed E-state index contributed by atoms with van der Waals surface area (Å²) in [6.07, 6.45) is 3.65. The van der Waals surface area contributed by atoms with Crippen LogP contribution >= 0.6 is 11.6 Å². The molecule has 2 aromatic rings. The van der Waals surface area contributed by atoms with Crippen LogP contribution in [0.1, 0.15) is 83.4 Å². The number of carboxylic acids is 1. The van der Waals surface area contributed by atoms with Gasteiger partial charge in [-0.3, -0.25) is 4.79 Å². The number of benzene rings is 1. The highest BCUT2D eigenvalue weighted by Gasteiger charge is 2.26. The van der Waals surface area contributed by atoms with E-state index in [1.807, 2.05) is 0 Å². The van der Waals surface area contributed by atoms with Crippen LogP contribution < -0.4 is 0 Å². The number of aromatic nitrogens is 2. The molecule has 32 heavy (non-hydrogen) atoms. The van der Waals surface area contributed by atoms with E-state index >= 15 is 0 Å². The molecule has 0 radical (unpaired) electrons. The molecule has 0 aliphatic carbocycles. The van der Waals surface area contributed by atoms with E-state index in [0.29, 0.717) is 24.5 Å². The van der Waals surface area contributed by atoms with Gasteiger partial charge in [-0.1, -0.05) is 38.3 Å². The molecule has 0 aliphatic heterocycles. The quantitative estimate of drug-likeness (QED) is 0.482. The summed E-state index contributed by atoms with van der Waals surface area (Å²) in [4.78, 5) is 38.9. The van der Waals surface area contributed by atoms with Gasteiger partial charge in [0.25, 0.3) is 5.91 Å². The van der Waals surface area contributed by atoms with Crippen molar-refractivity contribution in [2.45, 2.75) is 53.4 Å². The Hall–Kier alpha value is -2.87. The van der Waals surface area contributed by atoms with Crippen molar-refractivity contribution in [3.63, 3.8) is 0 Å². The van der Waals surface area contributed by atoms with Gasteiger partial charge in [-0.15, -0.1) is 0 Å². The van der Waals surface area contributed by atoms with Gasteiger partial charge >= 0.3 is 11.9 Å². The zero-order valence-corrected chi connectivity index (χ0v) is 19.7. The standard InChI is InChI=1S/C23H30ClN3O5/c1-5-8-12-26(13-9-6-2)21(28)20-19(24)15(4)27(25-20)18-11-10-16(22(29)30)14-17(18)23(31)32-7-3/h10-11,14H,5-9,12-13H2,1-4H3,(H,29,30). The second-order valence-electron chi connectivity index (χ2n) is 7.42. The summed E-state index contributed by atoms with van der Waals surface area (Å²) >= 11 is 6.50. The SMILES string of the molecule is CCCCN(CCCC)C(=O)c1nn(-c2ccc(C(=O)O)cc2C(=O)OCC)c(C)c1Cl. The van der Waals surface area contributed by atoms with Crippen molar-refractivity contribution in [2.75, 3.05) is 19.7 Å². The first-order valence-corrected chi connectivity index (χ1v) is 11.2. The molecule has 1 amide bonds. The highest BCUT2D eigenvalue weighted by Crippen LogP contribution is 2.27. The van der Waals surface area contributed by atoms with E-state index in [1.54, 1.807) is 18.7 Å². The molecule has 9 heteroatoms. The summed E-state index contributed by atoms with van der Waals surface area (Å²) in [5, 5.41) is 13.9. The number of carboxylic acid groups (broad SMARTS) is 1. The van der Waals surface area contributed by atoms with Crippen molar-refractivity contribution in [1.29, 1.82) is 0 Å². The average molecular weight is 464 g/mol. The Morgan fingerprint density at radius 3 is 2.28 bits per heavy atom. The summed E-state index contributed by atoms with van der Waals surface area (Å²) < 4.78 is 6.49. The molecule has 8 nitrogen and oxygen atoms in total. The number of carbonyl (C=O) groups is 3. The topological polar surface area (TPSA) is 102 Å². The van der Waals surface area contributed by atoms with Crippen molar-refractivity contribution < 1.29 is 24.2 Å². The summed E-state index contributed by atoms with van der Waals surface area (Å²) in [7, 11) is 0. The maximum Gasteiger partial charge on any atom is 0.340 e. The van der Waals surface area contributed by atoms with Crippen LogP contribution in [0, 0.1) is 6.92 Å². The van der Waals surface area contributed by atoms with Gasteiger partial charge in [-0.2, -0.15) is 5.10 Å². The van der Waals surface area contributed by atoms with Crippen LogP contribution in [-0.2, 0) is 4.74 Å². The molecule has 0 saturated heterocycles. The number of hydrogen-bond donors (Lipinski definition) is 1. The molecule has 2 rings (SSSR count). The lowest BCUT2D eigenvalue weighted by Gasteiger charge is -2.21. The lowest BCUT2D eigenvalue weighted by Crippen LogP contribution is -2.33. The lowest BCUT2D eigenvalue weighted by molar-refractivity contribution is 0.0526.